The second kappa shape index (κ2) is 8.08. The Hall–Kier alpha value is -4.90. The van der Waals surface area contributed by atoms with Crippen molar-refractivity contribution in [2.24, 2.45) is 0 Å². The Balaban J connectivity index is 1.39. The van der Waals surface area contributed by atoms with Crippen molar-refractivity contribution in [1.29, 1.82) is 5.26 Å². The summed E-state index contributed by atoms with van der Waals surface area (Å²) in [5.74, 6) is 0.319. The Morgan fingerprint density at radius 1 is 0.875 bits per heavy atom. The number of fused-ring (bicyclic) bond motifs is 1. The van der Waals surface area contributed by atoms with Crippen molar-refractivity contribution in [3.8, 4) is 28.8 Å². The fourth-order valence-electron chi connectivity index (χ4n) is 3.22. The minimum absolute atomic E-state index is 0.244. The highest BCUT2D eigenvalue weighted by Gasteiger charge is 2.12. The molecule has 1 N–H and O–H groups in total. The van der Waals surface area contributed by atoms with Crippen molar-refractivity contribution in [3.05, 3.63) is 96.2 Å². The first-order valence-electron chi connectivity index (χ1n) is 9.77. The molecule has 0 bridgehead atoms. The van der Waals surface area contributed by atoms with Crippen LogP contribution in [0.5, 0.6) is 0 Å². The van der Waals surface area contributed by atoms with E-state index in [2.05, 4.69) is 25.6 Å². The highest BCUT2D eigenvalue weighted by molar-refractivity contribution is 6.04. The molecular weight excluding hydrogens is 402 g/mol. The van der Waals surface area contributed by atoms with E-state index < -0.39 is 0 Å². The van der Waals surface area contributed by atoms with Crippen LogP contribution in [0, 0.1) is 11.3 Å². The Bertz CT molecular complexity index is 1450. The van der Waals surface area contributed by atoms with Crippen molar-refractivity contribution >= 4 is 17.2 Å². The summed E-state index contributed by atoms with van der Waals surface area (Å²) >= 11 is 0. The number of hydrogen-bond acceptors (Lipinski definition) is 6. The van der Waals surface area contributed by atoms with Gasteiger partial charge in [-0.25, -0.2) is 0 Å². The summed E-state index contributed by atoms with van der Waals surface area (Å²) < 4.78 is 1.66. The standard InChI is InChI=1S/C24H15N7O/c25-15-16-4-6-18(7-5-16)24(32)27-19-10-8-17(9-11-19)20-12-13-22-28-29-23(31(22)30-20)21-3-1-2-14-26-21/h1-14H,(H,27,32). The lowest BCUT2D eigenvalue weighted by atomic mass is 10.1. The summed E-state index contributed by atoms with van der Waals surface area (Å²) in [6.45, 7) is 0. The van der Waals surface area contributed by atoms with Gasteiger partial charge >= 0.3 is 0 Å². The smallest absolute Gasteiger partial charge is 0.255 e. The first-order chi connectivity index (χ1) is 15.7. The van der Waals surface area contributed by atoms with Gasteiger partial charge < -0.3 is 5.32 Å². The zero-order valence-electron chi connectivity index (χ0n) is 16.7. The number of hydrogen-bond donors (Lipinski definition) is 1. The second-order valence-corrected chi connectivity index (χ2v) is 6.95. The lowest BCUT2D eigenvalue weighted by Gasteiger charge is -2.07. The third-order valence-electron chi connectivity index (χ3n) is 4.87. The average molecular weight is 417 g/mol. The summed E-state index contributed by atoms with van der Waals surface area (Å²) in [4.78, 5) is 16.8. The molecule has 0 unspecified atom stereocenters. The molecule has 0 radical (unpaired) electrons. The van der Waals surface area contributed by atoms with Crippen LogP contribution in [0.15, 0.2) is 85.1 Å². The van der Waals surface area contributed by atoms with Gasteiger partial charge in [0.1, 0.15) is 5.69 Å². The van der Waals surface area contributed by atoms with Crippen molar-refractivity contribution in [2.45, 2.75) is 0 Å². The van der Waals surface area contributed by atoms with Crippen LogP contribution >= 0.6 is 0 Å². The van der Waals surface area contributed by atoms with Crippen LogP contribution in [-0.2, 0) is 0 Å². The first kappa shape index (κ1) is 19.1. The van der Waals surface area contributed by atoms with Crippen molar-refractivity contribution in [3.63, 3.8) is 0 Å². The summed E-state index contributed by atoms with van der Waals surface area (Å²) in [7, 11) is 0. The molecule has 0 fully saturated rings. The van der Waals surface area contributed by atoms with Gasteiger partial charge in [0.15, 0.2) is 5.65 Å². The molecule has 0 saturated heterocycles. The first-order valence-corrected chi connectivity index (χ1v) is 9.77. The van der Waals surface area contributed by atoms with Crippen molar-refractivity contribution < 1.29 is 4.79 Å². The molecule has 0 aliphatic carbocycles. The topological polar surface area (TPSA) is 109 Å². The van der Waals surface area contributed by atoms with Gasteiger partial charge in [0.25, 0.3) is 5.91 Å². The van der Waals surface area contributed by atoms with E-state index in [0.29, 0.717) is 34.0 Å². The molecule has 0 saturated carbocycles. The highest BCUT2D eigenvalue weighted by atomic mass is 16.1. The van der Waals surface area contributed by atoms with E-state index in [4.69, 9.17) is 5.26 Å². The molecule has 152 valence electrons. The molecule has 8 nitrogen and oxygen atoms in total. The van der Waals surface area contributed by atoms with Crippen LogP contribution in [0.25, 0.3) is 28.4 Å². The van der Waals surface area contributed by atoms with Crippen LogP contribution in [0.4, 0.5) is 5.69 Å². The molecule has 1 amide bonds. The lowest BCUT2D eigenvalue weighted by molar-refractivity contribution is 0.102. The number of nitriles is 1. The van der Waals surface area contributed by atoms with Crippen molar-refractivity contribution in [1.82, 2.24) is 24.8 Å². The van der Waals surface area contributed by atoms with Gasteiger partial charge in [0, 0.05) is 23.0 Å². The van der Waals surface area contributed by atoms with Gasteiger partial charge in [-0.2, -0.15) is 14.9 Å². The largest absolute Gasteiger partial charge is 0.322 e. The molecule has 0 aliphatic heterocycles. The molecule has 0 spiro atoms. The average Bonchev–Trinajstić information content (AvgIpc) is 3.28. The number of carbonyl (C=O) groups is 1. The molecule has 8 heteroatoms. The number of pyridine rings is 1. The van der Waals surface area contributed by atoms with E-state index in [9.17, 15) is 4.79 Å². The fraction of sp³-hybridized carbons (Fsp3) is 0. The minimum Gasteiger partial charge on any atom is -0.322 e. The van der Waals surface area contributed by atoms with Crippen LogP contribution in [0.2, 0.25) is 0 Å². The number of carbonyl (C=O) groups excluding carboxylic acids is 1. The predicted octanol–water partition coefficient (Wildman–Crippen LogP) is 3.98. The Kier molecular flexibility index (Phi) is 4.82. The maximum atomic E-state index is 12.4. The Morgan fingerprint density at radius 2 is 1.69 bits per heavy atom. The fourth-order valence-corrected chi connectivity index (χ4v) is 3.22. The highest BCUT2D eigenvalue weighted by Crippen LogP contribution is 2.22. The van der Waals surface area contributed by atoms with E-state index in [0.717, 1.165) is 11.3 Å². The summed E-state index contributed by atoms with van der Waals surface area (Å²) in [5, 5.41) is 24.8. The number of rotatable bonds is 4. The SMILES string of the molecule is N#Cc1ccc(C(=O)Nc2ccc(-c3ccc4nnc(-c5ccccn5)n4n3)cc2)cc1. The molecule has 3 aromatic heterocycles. The Labute approximate surface area is 182 Å². The van der Waals surface area contributed by atoms with Crippen LogP contribution in [0.3, 0.4) is 0 Å². The molecule has 0 atom stereocenters. The summed E-state index contributed by atoms with van der Waals surface area (Å²) in [5.41, 5.74) is 4.57. The second-order valence-electron chi connectivity index (χ2n) is 6.95. The number of aromatic nitrogens is 5. The number of nitrogens with zero attached hydrogens (tertiary/aromatic N) is 6. The molecule has 5 rings (SSSR count). The van der Waals surface area contributed by atoms with Crippen LogP contribution in [0.1, 0.15) is 15.9 Å². The number of nitrogens with one attached hydrogen (secondary N) is 1. The van der Waals surface area contributed by atoms with E-state index in [1.165, 1.54) is 0 Å². The van der Waals surface area contributed by atoms with E-state index in [1.54, 1.807) is 35.0 Å². The minimum atomic E-state index is -0.244. The molecular formula is C24H15N7O. The quantitative estimate of drug-likeness (QED) is 0.474. The van der Waals surface area contributed by atoms with Crippen LogP contribution in [-0.4, -0.2) is 30.7 Å². The predicted molar refractivity (Wildman–Crippen MR) is 119 cm³/mol. The third kappa shape index (κ3) is 3.66. The van der Waals surface area contributed by atoms with E-state index in [1.807, 2.05) is 60.7 Å². The van der Waals surface area contributed by atoms with Gasteiger partial charge in [0.2, 0.25) is 5.82 Å². The number of amides is 1. The van der Waals surface area contributed by atoms with Gasteiger partial charge in [-0.3, -0.25) is 9.78 Å². The lowest BCUT2D eigenvalue weighted by Crippen LogP contribution is -2.11. The van der Waals surface area contributed by atoms with E-state index >= 15 is 0 Å². The third-order valence-corrected chi connectivity index (χ3v) is 4.87. The number of anilines is 1. The van der Waals surface area contributed by atoms with Gasteiger partial charge in [-0.15, -0.1) is 10.2 Å². The van der Waals surface area contributed by atoms with Gasteiger partial charge in [0.05, 0.1) is 17.3 Å². The maximum Gasteiger partial charge on any atom is 0.255 e. The Morgan fingerprint density at radius 3 is 2.41 bits per heavy atom. The number of benzene rings is 2. The monoisotopic (exact) mass is 417 g/mol. The maximum absolute atomic E-state index is 12.4. The zero-order valence-corrected chi connectivity index (χ0v) is 16.7. The molecule has 3 heterocycles. The van der Waals surface area contributed by atoms with Gasteiger partial charge in [-0.1, -0.05) is 18.2 Å². The normalized spacial score (nSPS) is 10.6. The summed E-state index contributed by atoms with van der Waals surface area (Å²) in [6, 6.07) is 25.2. The zero-order chi connectivity index (χ0) is 21.9. The van der Waals surface area contributed by atoms with E-state index in [-0.39, 0.29) is 5.91 Å². The van der Waals surface area contributed by atoms with Crippen molar-refractivity contribution in [2.75, 3.05) is 5.32 Å². The molecule has 5 aromatic rings. The van der Waals surface area contributed by atoms with Gasteiger partial charge in [-0.05, 0) is 60.7 Å². The molecule has 0 aliphatic rings. The molecule has 32 heavy (non-hydrogen) atoms. The molecule has 2 aromatic carbocycles. The summed E-state index contributed by atoms with van der Waals surface area (Å²) in [6.07, 6.45) is 1.70. The van der Waals surface area contributed by atoms with Crippen LogP contribution < -0.4 is 5.32 Å².